The molecule has 15 heavy (non-hydrogen) atoms. The average molecular weight is 214 g/mol. The van der Waals surface area contributed by atoms with Gasteiger partial charge in [0, 0.05) is 13.1 Å². The number of nitrogens with two attached hydrogens (primary N) is 1. The predicted molar refractivity (Wildman–Crippen MR) is 55.2 cm³/mol. The highest BCUT2D eigenvalue weighted by molar-refractivity contribution is 5.83. The van der Waals surface area contributed by atoms with Gasteiger partial charge in [0.2, 0.25) is 5.91 Å². The molecule has 5 heteroatoms. The molecule has 0 aromatic rings. The second kappa shape index (κ2) is 4.18. The molecule has 0 spiro atoms. The molecule has 0 bridgehead atoms. The zero-order valence-electron chi connectivity index (χ0n) is 9.19. The smallest absolute Gasteiger partial charge is 0.311 e. The fraction of sp³-hybridized carbons (Fsp3) is 0.800. The van der Waals surface area contributed by atoms with Gasteiger partial charge in [0.15, 0.2) is 0 Å². The lowest BCUT2D eigenvalue weighted by atomic mass is 9.90. The van der Waals surface area contributed by atoms with Gasteiger partial charge in [0.05, 0.1) is 11.5 Å². The molecule has 1 saturated heterocycles. The fourth-order valence-corrected chi connectivity index (χ4v) is 1.73. The summed E-state index contributed by atoms with van der Waals surface area (Å²) < 4.78 is 0. The molecular formula is C10H18N2O3. The zero-order chi connectivity index (χ0) is 11.6. The van der Waals surface area contributed by atoms with Crippen molar-refractivity contribution < 1.29 is 14.7 Å². The van der Waals surface area contributed by atoms with Gasteiger partial charge in [0.25, 0.3) is 0 Å². The van der Waals surface area contributed by atoms with Crippen molar-refractivity contribution in [2.24, 2.45) is 11.1 Å². The third-order valence-corrected chi connectivity index (χ3v) is 3.06. The lowest BCUT2D eigenvalue weighted by Gasteiger charge is -2.22. The molecule has 1 amide bonds. The molecule has 86 valence electrons. The van der Waals surface area contributed by atoms with Crippen molar-refractivity contribution in [3.05, 3.63) is 0 Å². The molecule has 1 rings (SSSR count). The summed E-state index contributed by atoms with van der Waals surface area (Å²) in [6.07, 6.45) is 1.09. The number of rotatable bonds is 3. The summed E-state index contributed by atoms with van der Waals surface area (Å²) in [6.45, 7) is 4.28. The van der Waals surface area contributed by atoms with Gasteiger partial charge < -0.3 is 15.7 Å². The van der Waals surface area contributed by atoms with Gasteiger partial charge in [-0.15, -0.1) is 0 Å². The van der Waals surface area contributed by atoms with Crippen LogP contribution in [0.5, 0.6) is 0 Å². The van der Waals surface area contributed by atoms with Gasteiger partial charge in [-0.25, -0.2) is 0 Å². The first-order chi connectivity index (χ1) is 6.90. The van der Waals surface area contributed by atoms with Gasteiger partial charge in [-0.3, -0.25) is 9.59 Å². The molecule has 1 fully saturated rings. The third kappa shape index (κ3) is 2.28. The van der Waals surface area contributed by atoms with Gasteiger partial charge >= 0.3 is 5.97 Å². The topological polar surface area (TPSA) is 83.6 Å². The molecule has 0 aromatic heterocycles. The van der Waals surface area contributed by atoms with Crippen molar-refractivity contribution in [2.75, 3.05) is 13.1 Å². The summed E-state index contributed by atoms with van der Waals surface area (Å²) in [4.78, 5) is 24.2. The standard InChI is InChI=1S/C10H18N2O3/c1-3-7(11)8(13)12-5-4-10(2,6-12)9(14)15/h7H,3-6,11H2,1-2H3,(H,14,15)/t7-,10?/m0/s1. The summed E-state index contributed by atoms with van der Waals surface area (Å²) in [7, 11) is 0. The highest BCUT2D eigenvalue weighted by Gasteiger charge is 2.42. The molecule has 0 radical (unpaired) electrons. The number of likely N-dealkylation sites (tertiary alicyclic amines) is 1. The van der Waals surface area contributed by atoms with Crippen molar-refractivity contribution in [1.82, 2.24) is 4.90 Å². The normalized spacial score (nSPS) is 27.8. The van der Waals surface area contributed by atoms with Crippen molar-refractivity contribution in [3.8, 4) is 0 Å². The lowest BCUT2D eigenvalue weighted by Crippen LogP contribution is -2.43. The van der Waals surface area contributed by atoms with Gasteiger partial charge in [-0.2, -0.15) is 0 Å². The van der Waals surface area contributed by atoms with Crippen LogP contribution in [0.3, 0.4) is 0 Å². The Bertz CT molecular complexity index is 280. The maximum absolute atomic E-state index is 11.7. The van der Waals surface area contributed by atoms with E-state index in [1.165, 1.54) is 0 Å². The second-order valence-electron chi connectivity index (χ2n) is 4.39. The molecule has 0 aliphatic carbocycles. The first-order valence-electron chi connectivity index (χ1n) is 5.18. The van der Waals surface area contributed by atoms with Gasteiger partial charge in [0.1, 0.15) is 0 Å². The summed E-state index contributed by atoms with van der Waals surface area (Å²) in [5, 5.41) is 9.00. The quantitative estimate of drug-likeness (QED) is 0.695. The van der Waals surface area contributed by atoms with Crippen LogP contribution < -0.4 is 5.73 Å². The minimum atomic E-state index is -0.845. The summed E-state index contributed by atoms with van der Waals surface area (Å²) in [6, 6.07) is -0.499. The van der Waals surface area contributed by atoms with Crippen molar-refractivity contribution >= 4 is 11.9 Å². The van der Waals surface area contributed by atoms with Gasteiger partial charge in [-0.05, 0) is 19.8 Å². The maximum Gasteiger partial charge on any atom is 0.311 e. The molecule has 5 nitrogen and oxygen atoms in total. The summed E-state index contributed by atoms with van der Waals surface area (Å²) in [5.41, 5.74) is 4.82. The molecule has 3 N–H and O–H groups in total. The van der Waals surface area contributed by atoms with E-state index in [2.05, 4.69) is 0 Å². The SMILES string of the molecule is CC[C@H](N)C(=O)N1CCC(C)(C(=O)O)C1. The first-order valence-corrected chi connectivity index (χ1v) is 5.18. The van der Waals surface area contributed by atoms with Crippen LogP contribution in [0, 0.1) is 5.41 Å². The van der Waals surface area contributed by atoms with Gasteiger partial charge in [-0.1, -0.05) is 6.92 Å². The number of amides is 1. The van der Waals surface area contributed by atoms with Crippen LogP contribution in [0.25, 0.3) is 0 Å². The van der Waals surface area contributed by atoms with E-state index in [-0.39, 0.29) is 12.5 Å². The van der Waals surface area contributed by atoms with E-state index in [4.69, 9.17) is 10.8 Å². The number of nitrogens with zero attached hydrogens (tertiary/aromatic N) is 1. The number of carbonyl (C=O) groups excluding carboxylic acids is 1. The van der Waals surface area contributed by atoms with Crippen LogP contribution in [0.1, 0.15) is 26.7 Å². The molecule has 0 saturated carbocycles. The molecule has 0 aromatic carbocycles. The van der Waals surface area contributed by atoms with Crippen LogP contribution >= 0.6 is 0 Å². The third-order valence-electron chi connectivity index (χ3n) is 3.06. The molecule has 1 aliphatic rings. The molecule has 1 aliphatic heterocycles. The summed E-state index contributed by atoms with van der Waals surface area (Å²) in [5.74, 6) is -0.981. The highest BCUT2D eigenvalue weighted by atomic mass is 16.4. The van der Waals surface area contributed by atoms with E-state index in [0.717, 1.165) is 0 Å². The number of aliphatic carboxylic acids is 1. The molecular weight excluding hydrogens is 196 g/mol. The van der Waals surface area contributed by atoms with Crippen LogP contribution in [0.15, 0.2) is 0 Å². The van der Waals surface area contributed by atoms with Crippen LogP contribution in [0.4, 0.5) is 0 Å². The minimum absolute atomic E-state index is 0.137. The Kier molecular flexibility index (Phi) is 3.34. The Morgan fingerprint density at radius 3 is 2.60 bits per heavy atom. The minimum Gasteiger partial charge on any atom is -0.481 e. The van der Waals surface area contributed by atoms with Crippen LogP contribution in [0.2, 0.25) is 0 Å². The number of hydrogen-bond donors (Lipinski definition) is 2. The monoisotopic (exact) mass is 214 g/mol. The Hall–Kier alpha value is -1.10. The maximum atomic E-state index is 11.7. The first kappa shape index (κ1) is 12.0. The number of carbonyl (C=O) groups is 2. The fourth-order valence-electron chi connectivity index (χ4n) is 1.73. The zero-order valence-corrected chi connectivity index (χ0v) is 9.19. The highest BCUT2D eigenvalue weighted by Crippen LogP contribution is 2.30. The van der Waals surface area contributed by atoms with Crippen molar-refractivity contribution in [2.45, 2.75) is 32.7 Å². The van der Waals surface area contributed by atoms with E-state index in [0.29, 0.717) is 19.4 Å². The van der Waals surface area contributed by atoms with E-state index in [9.17, 15) is 9.59 Å². The molecule has 1 unspecified atom stereocenters. The summed E-state index contributed by atoms with van der Waals surface area (Å²) >= 11 is 0. The van der Waals surface area contributed by atoms with E-state index in [1.54, 1.807) is 11.8 Å². The van der Waals surface area contributed by atoms with E-state index >= 15 is 0 Å². The van der Waals surface area contributed by atoms with E-state index < -0.39 is 17.4 Å². The Labute approximate surface area is 89.2 Å². The van der Waals surface area contributed by atoms with Crippen LogP contribution in [-0.2, 0) is 9.59 Å². The Morgan fingerprint density at radius 2 is 2.20 bits per heavy atom. The Balaban J connectivity index is 2.64. The number of hydrogen-bond acceptors (Lipinski definition) is 3. The second-order valence-corrected chi connectivity index (χ2v) is 4.39. The van der Waals surface area contributed by atoms with E-state index in [1.807, 2.05) is 6.92 Å². The van der Waals surface area contributed by atoms with Crippen molar-refractivity contribution in [1.29, 1.82) is 0 Å². The average Bonchev–Trinajstić information content (AvgIpc) is 2.60. The molecule has 2 atom stereocenters. The lowest BCUT2D eigenvalue weighted by molar-refractivity contribution is -0.147. The largest absolute Gasteiger partial charge is 0.481 e. The van der Waals surface area contributed by atoms with Crippen LogP contribution in [-0.4, -0.2) is 41.0 Å². The van der Waals surface area contributed by atoms with Crippen molar-refractivity contribution in [3.63, 3.8) is 0 Å². The molecule has 1 heterocycles. The number of carboxylic acids is 1. The Morgan fingerprint density at radius 1 is 1.60 bits per heavy atom. The predicted octanol–water partition coefficient (Wildman–Crippen LogP) is 0.0469. The number of carboxylic acid groups (broad SMARTS) is 1.